The minimum atomic E-state index is 0.522. The minimum Gasteiger partial charge on any atom is -0.348 e. The first-order valence-corrected chi connectivity index (χ1v) is 6.00. The Morgan fingerprint density at radius 2 is 2.12 bits per heavy atom. The Morgan fingerprint density at radius 3 is 2.76 bits per heavy atom. The molecule has 92 valence electrons. The van der Waals surface area contributed by atoms with E-state index >= 15 is 0 Å². The van der Waals surface area contributed by atoms with Crippen LogP contribution in [0.3, 0.4) is 0 Å². The molecule has 0 unspecified atom stereocenters. The third-order valence-corrected chi connectivity index (χ3v) is 2.64. The molecule has 2 aromatic rings. The largest absolute Gasteiger partial charge is 0.348 e. The predicted molar refractivity (Wildman–Crippen MR) is 68.7 cm³/mol. The highest BCUT2D eigenvalue weighted by molar-refractivity contribution is 5.12. The van der Waals surface area contributed by atoms with Crippen LogP contribution in [-0.4, -0.2) is 20.4 Å². The lowest BCUT2D eigenvalue weighted by molar-refractivity contribution is 0.588. The molecule has 0 aliphatic rings. The summed E-state index contributed by atoms with van der Waals surface area (Å²) in [6.45, 7) is 6.07. The Labute approximate surface area is 102 Å². The standard InChI is InChI=1S/C13H20N4/c1-11(2)14-8-12-4-7-17(9-12)10-13-5-6-16(3)15-13/h4-7,9,11,14H,8,10H2,1-3H3. The van der Waals surface area contributed by atoms with Gasteiger partial charge in [0.15, 0.2) is 0 Å². The fraction of sp³-hybridized carbons (Fsp3) is 0.462. The second-order valence-corrected chi connectivity index (χ2v) is 4.71. The van der Waals surface area contributed by atoms with Crippen molar-refractivity contribution in [1.29, 1.82) is 0 Å². The fourth-order valence-electron chi connectivity index (χ4n) is 1.75. The van der Waals surface area contributed by atoms with Crippen molar-refractivity contribution in [3.8, 4) is 0 Å². The molecule has 0 amide bonds. The van der Waals surface area contributed by atoms with Crippen LogP contribution in [0.15, 0.2) is 30.7 Å². The summed E-state index contributed by atoms with van der Waals surface area (Å²) in [6, 6.07) is 4.72. The zero-order valence-corrected chi connectivity index (χ0v) is 10.7. The lowest BCUT2D eigenvalue weighted by Crippen LogP contribution is -2.21. The highest BCUT2D eigenvalue weighted by Crippen LogP contribution is 2.05. The van der Waals surface area contributed by atoms with E-state index in [9.17, 15) is 0 Å². The molecule has 4 heteroatoms. The molecule has 0 radical (unpaired) electrons. The number of rotatable bonds is 5. The van der Waals surface area contributed by atoms with Crippen molar-refractivity contribution in [3.05, 3.63) is 42.0 Å². The van der Waals surface area contributed by atoms with Crippen molar-refractivity contribution in [2.24, 2.45) is 7.05 Å². The van der Waals surface area contributed by atoms with Crippen LogP contribution in [0.4, 0.5) is 0 Å². The van der Waals surface area contributed by atoms with E-state index in [0.29, 0.717) is 6.04 Å². The average Bonchev–Trinajstić information content (AvgIpc) is 2.86. The molecule has 0 aromatic carbocycles. The SMILES string of the molecule is CC(C)NCc1ccn(Cc2ccn(C)n2)c1. The summed E-state index contributed by atoms with van der Waals surface area (Å²) < 4.78 is 4.00. The molecular formula is C13H20N4. The van der Waals surface area contributed by atoms with Crippen LogP contribution in [0.2, 0.25) is 0 Å². The average molecular weight is 232 g/mol. The van der Waals surface area contributed by atoms with Gasteiger partial charge in [-0.3, -0.25) is 4.68 Å². The number of aromatic nitrogens is 3. The first-order valence-electron chi connectivity index (χ1n) is 6.00. The van der Waals surface area contributed by atoms with Crippen LogP contribution < -0.4 is 5.32 Å². The van der Waals surface area contributed by atoms with Gasteiger partial charge < -0.3 is 9.88 Å². The Morgan fingerprint density at radius 1 is 1.29 bits per heavy atom. The Hall–Kier alpha value is -1.55. The van der Waals surface area contributed by atoms with E-state index in [2.05, 4.69) is 47.3 Å². The maximum Gasteiger partial charge on any atom is 0.0821 e. The lowest BCUT2D eigenvalue weighted by atomic mass is 10.3. The first-order chi connectivity index (χ1) is 8.13. The van der Waals surface area contributed by atoms with Crippen LogP contribution in [0.1, 0.15) is 25.1 Å². The molecule has 0 saturated carbocycles. The smallest absolute Gasteiger partial charge is 0.0821 e. The van der Waals surface area contributed by atoms with Gasteiger partial charge in [-0.1, -0.05) is 13.8 Å². The molecule has 0 fully saturated rings. The maximum absolute atomic E-state index is 4.37. The van der Waals surface area contributed by atoms with Gasteiger partial charge in [-0.25, -0.2) is 0 Å². The van der Waals surface area contributed by atoms with Crippen molar-refractivity contribution in [2.45, 2.75) is 33.0 Å². The third kappa shape index (κ3) is 3.46. The van der Waals surface area contributed by atoms with Gasteiger partial charge in [0.1, 0.15) is 0 Å². The number of nitrogens with one attached hydrogen (secondary N) is 1. The van der Waals surface area contributed by atoms with Crippen LogP contribution in [-0.2, 0) is 20.1 Å². The summed E-state index contributed by atoms with van der Waals surface area (Å²) in [5.74, 6) is 0. The van der Waals surface area contributed by atoms with Gasteiger partial charge in [0, 0.05) is 38.2 Å². The number of hydrogen-bond acceptors (Lipinski definition) is 2. The van der Waals surface area contributed by atoms with Gasteiger partial charge in [0.05, 0.1) is 12.2 Å². The normalized spacial score (nSPS) is 11.3. The van der Waals surface area contributed by atoms with Gasteiger partial charge in [0.2, 0.25) is 0 Å². The van der Waals surface area contributed by atoms with E-state index in [1.54, 1.807) is 0 Å². The zero-order valence-electron chi connectivity index (χ0n) is 10.7. The molecule has 2 heterocycles. The predicted octanol–water partition coefficient (Wildman–Crippen LogP) is 1.77. The second kappa shape index (κ2) is 5.19. The molecule has 0 spiro atoms. The van der Waals surface area contributed by atoms with Crippen LogP contribution in [0.5, 0.6) is 0 Å². The van der Waals surface area contributed by atoms with Crippen molar-refractivity contribution in [3.63, 3.8) is 0 Å². The van der Waals surface area contributed by atoms with E-state index in [1.807, 2.05) is 24.0 Å². The van der Waals surface area contributed by atoms with E-state index in [-0.39, 0.29) is 0 Å². The van der Waals surface area contributed by atoms with Crippen LogP contribution in [0, 0.1) is 0 Å². The van der Waals surface area contributed by atoms with E-state index in [0.717, 1.165) is 18.8 Å². The summed E-state index contributed by atoms with van der Waals surface area (Å²) in [5.41, 5.74) is 2.40. The van der Waals surface area contributed by atoms with Crippen molar-refractivity contribution in [2.75, 3.05) is 0 Å². The van der Waals surface area contributed by atoms with Crippen molar-refractivity contribution < 1.29 is 0 Å². The molecule has 0 aliphatic carbocycles. The molecule has 2 rings (SSSR count). The summed E-state index contributed by atoms with van der Waals surface area (Å²) in [4.78, 5) is 0. The zero-order chi connectivity index (χ0) is 12.3. The molecule has 1 N–H and O–H groups in total. The highest BCUT2D eigenvalue weighted by Gasteiger charge is 2.01. The van der Waals surface area contributed by atoms with Gasteiger partial charge in [-0.15, -0.1) is 0 Å². The highest BCUT2D eigenvalue weighted by atomic mass is 15.3. The van der Waals surface area contributed by atoms with Crippen LogP contribution >= 0.6 is 0 Å². The molecule has 0 bridgehead atoms. The summed E-state index contributed by atoms with van der Waals surface area (Å²) in [5, 5.41) is 7.78. The van der Waals surface area contributed by atoms with Gasteiger partial charge in [0.25, 0.3) is 0 Å². The minimum absolute atomic E-state index is 0.522. The van der Waals surface area contributed by atoms with E-state index in [4.69, 9.17) is 0 Å². The van der Waals surface area contributed by atoms with Gasteiger partial charge in [-0.2, -0.15) is 5.10 Å². The summed E-state index contributed by atoms with van der Waals surface area (Å²) in [7, 11) is 1.94. The molecule has 4 nitrogen and oxygen atoms in total. The molecule has 0 saturated heterocycles. The third-order valence-electron chi connectivity index (χ3n) is 2.64. The molecule has 2 aromatic heterocycles. The van der Waals surface area contributed by atoms with Crippen LogP contribution in [0.25, 0.3) is 0 Å². The number of hydrogen-bond donors (Lipinski definition) is 1. The van der Waals surface area contributed by atoms with Gasteiger partial charge >= 0.3 is 0 Å². The Bertz CT molecular complexity index is 467. The molecule has 17 heavy (non-hydrogen) atoms. The monoisotopic (exact) mass is 232 g/mol. The second-order valence-electron chi connectivity index (χ2n) is 4.71. The first kappa shape index (κ1) is 11.9. The summed E-state index contributed by atoms with van der Waals surface area (Å²) >= 11 is 0. The Kier molecular flexibility index (Phi) is 3.64. The quantitative estimate of drug-likeness (QED) is 0.852. The lowest BCUT2D eigenvalue weighted by Gasteiger charge is -2.05. The molecule has 0 aliphatic heterocycles. The number of aryl methyl sites for hydroxylation is 1. The van der Waals surface area contributed by atoms with Crippen molar-refractivity contribution >= 4 is 0 Å². The maximum atomic E-state index is 4.37. The number of nitrogens with zero attached hydrogens (tertiary/aromatic N) is 3. The molecular weight excluding hydrogens is 212 g/mol. The van der Waals surface area contributed by atoms with Gasteiger partial charge in [-0.05, 0) is 17.7 Å². The molecule has 0 atom stereocenters. The summed E-state index contributed by atoms with van der Waals surface area (Å²) in [6.07, 6.45) is 6.25. The van der Waals surface area contributed by atoms with Crippen molar-refractivity contribution in [1.82, 2.24) is 19.7 Å². The fourth-order valence-corrected chi connectivity index (χ4v) is 1.75. The topological polar surface area (TPSA) is 34.8 Å². The van der Waals surface area contributed by atoms with E-state index < -0.39 is 0 Å². The Balaban J connectivity index is 1.94. The van der Waals surface area contributed by atoms with E-state index in [1.165, 1.54) is 5.56 Å².